The van der Waals surface area contributed by atoms with Crippen molar-refractivity contribution in [3.8, 4) is 28.5 Å². The lowest BCUT2D eigenvalue weighted by Gasteiger charge is -2.07. The van der Waals surface area contributed by atoms with Crippen LogP contribution in [0, 0.1) is 0 Å². The summed E-state index contributed by atoms with van der Waals surface area (Å²) in [5.41, 5.74) is 2.93. The lowest BCUT2D eigenvalue weighted by atomic mass is 10.1. The van der Waals surface area contributed by atoms with Crippen molar-refractivity contribution in [2.45, 2.75) is 13.0 Å². The Bertz CT molecular complexity index is 1050. The van der Waals surface area contributed by atoms with Crippen molar-refractivity contribution < 1.29 is 17.9 Å². The van der Waals surface area contributed by atoms with Crippen LogP contribution in [0.5, 0.6) is 5.75 Å². The van der Waals surface area contributed by atoms with Crippen molar-refractivity contribution in [3.05, 3.63) is 78.6 Å². The van der Waals surface area contributed by atoms with Crippen LogP contribution < -0.4 is 4.74 Å². The highest BCUT2D eigenvalue weighted by Crippen LogP contribution is 2.24. The molecule has 0 N–H and O–H groups in total. The third-order valence-corrected chi connectivity index (χ3v) is 3.89. The summed E-state index contributed by atoms with van der Waals surface area (Å²) in [5.74, 6) is -0.0515. The Morgan fingerprint density at radius 3 is 2.50 bits per heavy atom. The lowest BCUT2D eigenvalue weighted by Crippen LogP contribution is -1.98. The van der Waals surface area contributed by atoms with E-state index in [1.165, 1.54) is 6.20 Å². The molecule has 140 valence electrons. The summed E-state index contributed by atoms with van der Waals surface area (Å²) in [5, 5.41) is 6.89. The molecule has 8 heteroatoms. The third-order valence-electron chi connectivity index (χ3n) is 3.89. The highest BCUT2D eigenvalue weighted by Gasteiger charge is 2.17. The quantitative estimate of drug-likeness (QED) is 0.482. The fourth-order valence-corrected chi connectivity index (χ4v) is 2.50. The van der Waals surface area contributed by atoms with E-state index in [1.54, 1.807) is 24.4 Å². The summed E-state index contributed by atoms with van der Waals surface area (Å²) < 4.78 is 35.7. The summed E-state index contributed by atoms with van der Waals surface area (Å²) in [6.07, 6.45) is 0.358. The van der Waals surface area contributed by atoms with Crippen molar-refractivity contribution in [3.63, 3.8) is 0 Å². The molecule has 0 unspecified atom stereocenters. The minimum Gasteiger partial charge on any atom is -0.487 e. The Labute approximate surface area is 158 Å². The molecule has 0 spiro atoms. The second-order valence-corrected chi connectivity index (χ2v) is 5.82. The Balaban J connectivity index is 1.43. The van der Waals surface area contributed by atoms with Gasteiger partial charge >= 0.3 is 6.43 Å². The largest absolute Gasteiger partial charge is 0.487 e. The molecule has 0 aliphatic carbocycles. The molecule has 0 aliphatic heterocycles. The minimum absolute atomic E-state index is 0.00287. The van der Waals surface area contributed by atoms with Gasteiger partial charge < -0.3 is 9.15 Å². The monoisotopic (exact) mass is 380 g/mol. The molecule has 0 radical (unpaired) electrons. The molecule has 0 atom stereocenters. The zero-order valence-electron chi connectivity index (χ0n) is 14.5. The molecule has 28 heavy (non-hydrogen) atoms. The van der Waals surface area contributed by atoms with Gasteiger partial charge in [-0.15, -0.1) is 10.2 Å². The number of pyridine rings is 2. The average Bonchev–Trinajstić information content (AvgIpc) is 3.24. The molecule has 3 aromatic heterocycles. The van der Waals surface area contributed by atoms with Gasteiger partial charge in [0, 0.05) is 24.0 Å². The molecule has 6 nitrogen and oxygen atoms in total. The number of ether oxygens (including phenoxy) is 1. The standard InChI is InChI=1S/C20H14F2N4O2/c21-18(22)20-26-25-19(28-20)14-6-7-15(24-11-14)12-27-16-8-9-23-17(10-16)13-4-2-1-3-5-13/h1-11,18H,12H2. The molecule has 0 saturated carbocycles. The predicted molar refractivity (Wildman–Crippen MR) is 96.5 cm³/mol. The Hall–Kier alpha value is -3.68. The number of halogens is 2. The number of alkyl halides is 2. The summed E-state index contributed by atoms with van der Waals surface area (Å²) in [4.78, 5) is 8.60. The van der Waals surface area contributed by atoms with Gasteiger partial charge in [-0.3, -0.25) is 9.97 Å². The van der Waals surface area contributed by atoms with Crippen molar-refractivity contribution in [1.29, 1.82) is 0 Å². The maximum atomic E-state index is 12.5. The first-order valence-electron chi connectivity index (χ1n) is 8.40. The number of nitrogens with zero attached hydrogens (tertiary/aromatic N) is 4. The molecule has 4 rings (SSSR count). The number of hydrogen-bond donors (Lipinski definition) is 0. The van der Waals surface area contributed by atoms with Gasteiger partial charge in [-0.2, -0.15) is 8.78 Å². The molecule has 0 aliphatic rings. The van der Waals surface area contributed by atoms with Gasteiger partial charge in [0.15, 0.2) is 0 Å². The number of rotatable bonds is 6. The maximum absolute atomic E-state index is 12.5. The molecule has 0 fully saturated rings. The van der Waals surface area contributed by atoms with Crippen molar-refractivity contribution in [1.82, 2.24) is 20.2 Å². The molecular weight excluding hydrogens is 366 g/mol. The zero-order chi connectivity index (χ0) is 19.3. The molecule has 0 amide bonds. The average molecular weight is 380 g/mol. The van der Waals surface area contributed by atoms with Crippen LogP contribution in [0.2, 0.25) is 0 Å². The fourth-order valence-electron chi connectivity index (χ4n) is 2.50. The summed E-state index contributed by atoms with van der Waals surface area (Å²) >= 11 is 0. The van der Waals surface area contributed by atoms with E-state index in [9.17, 15) is 8.78 Å². The predicted octanol–water partition coefficient (Wildman–Crippen LogP) is 4.71. The molecule has 0 bridgehead atoms. The summed E-state index contributed by atoms with van der Waals surface area (Å²) in [6, 6.07) is 16.8. The van der Waals surface area contributed by atoms with Crippen LogP contribution >= 0.6 is 0 Å². The fraction of sp³-hybridized carbons (Fsp3) is 0.100. The maximum Gasteiger partial charge on any atom is 0.314 e. The molecule has 0 saturated heterocycles. The third kappa shape index (κ3) is 4.01. The van der Waals surface area contributed by atoms with Crippen molar-refractivity contribution in [2.75, 3.05) is 0 Å². The smallest absolute Gasteiger partial charge is 0.314 e. The van der Waals surface area contributed by atoms with E-state index in [2.05, 4.69) is 20.2 Å². The SMILES string of the molecule is FC(F)c1nnc(-c2ccc(COc3ccnc(-c4ccccc4)c3)nc2)o1. The molecular formula is C20H14F2N4O2. The van der Waals surface area contributed by atoms with Crippen LogP contribution in [0.1, 0.15) is 18.0 Å². The van der Waals surface area contributed by atoms with Crippen LogP contribution in [-0.4, -0.2) is 20.2 Å². The Morgan fingerprint density at radius 2 is 1.79 bits per heavy atom. The highest BCUT2D eigenvalue weighted by molar-refractivity contribution is 5.60. The van der Waals surface area contributed by atoms with E-state index < -0.39 is 12.3 Å². The van der Waals surface area contributed by atoms with E-state index in [-0.39, 0.29) is 12.5 Å². The van der Waals surface area contributed by atoms with Gasteiger partial charge in [-0.25, -0.2) is 0 Å². The first-order valence-corrected chi connectivity index (χ1v) is 8.40. The lowest BCUT2D eigenvalue weighted by molar-refractivity contribution is 0.116. The van der Waals surface area contributed by atoms with E-state index in [0.29, 0.717) is 17.0 Å². The van der Waals surface area contributed by atoms with Gasteiger partial charge in [0.25, 0.3) is 5.89 Å². The summed E-state index contributed by atoms with van der Waals surface area (Å²) in [7, 11) is 0. The molecule has 3 heterocycles. The van der Waals surface area contributed by atoms with E-state index in [0.717, 1.165) is 11.3 Å². The topological polar surface area (TPSA) is 73.9 Å². The number of aromatic nitrogens is 4. The second-order valence-electron chi connectivity index (χ2n) is 5.82. The van der Waals surface area contributed by atoms with Gasteiger partial charge in [0.1, 0.15) is 12.4 Å². The number of hydrogen-bond acceptors (Lipinski definition) is 6. The van der Waals surface area contributed by atoms with Crippen molar-refractivity contribution in [2.24, 2.45) is 0 Å². The number of benzene rings is 1. The van der Waals surface area contributed by atoms with Crippen LogP contribution in [0.3, 0.4) is 0 Å². The van der Waals surface area contributed by atoms with Crippen LogP contribution in [0.4, 0.5) is 8.78 Å². The minimum atomic E-state index is -2.80. The van der Waals surface area contributed by atoms with Gasteiger partial charge in [0.05, 0.1) is 17.0 Å². The van der Waals surface area contributed by atoms with E-state index in [1.807, 2.05) is 36.4 Å². The Kier molecular flexibility index (Phi) is 5.01. The molecule has 1 aromatic carbocycles. The van der Waals surface area contributed by atoms with Gasteiger partial charge in [-0.05, 0) is 18.2 Å². The first kappa shape index (κ1) is 17.7. The Morgan fingerprint density at radius 1 is 0.929 bits per heavy atom. The van der Waals surface area contributed by atoms with Gasteiger partial charge in [0.2, 0.25) is 5.89 Å². The zero-order valence-corrected chi connectivity index (χ0v) is 14.5. The normalized spacial score (nSPS) is 11.0. The summed E-state index contributed by atoms with van der Waals surface area (Å²) in [6.45, 7) is 0.241. The molecule has 4 aromatic rings. The second kappa shape index (κ2) is 7.91. The van der Waals surface area contributed by atoms with E-state index in [4.69, 9.17) is 9.15 Å². The van der Waals surface area contributed by atoms with E-state index >= 15 is 0 Å². The van der Waals surface area contributed by atoms with Crippen molar-refractivity contribution >= 4 is 0 Å². The van der Waals surface area contributed by atoms with Crippen LogP contribution in [0.15, 0.2) is 71.4 Å². The highest BCUT2D eigenvalue weighted by atomic mass is 19.3. The van der Waals surface area contributed by atoms with Gasteiger partial charge in [-0.1, -0.05) is 30.3 Å². The van der Waals surface area contributed by atoms with Crippen LogP contribution in [-0.2, 0) is 6.61 Å². The first-order chi connectivity index (χ1) is 13.7. The van der Waals surface area contributed by atoms with Crippen LogP contribution in [0.25, 0.3) is 22.7 Å².